The molecular weight excluding hydrogens is 532 g/mol. The van der Waals surface area contributed by atoms with Crippen molar-refractivity contribution in [3.05, 3.63) is 64.8 Å². The first-order valence-corrected chi connectivity index (χ1v) is 14.0. The third-order valence-electron chi connectivity index (χ3n) is 7.21. The molecule has 3 aromatic rings. The molecule has 1 aliphatic rings. The maximum Gasteiger partial charge on any atom is 0.303 e. The summed E-state index contributed by atoms with van der Waals surface area (Å²) in [6.45, 7) is 2.22. The van der Waals surface area contributed by atoms with Gasteiger partial charge in [-0.1, -0.05) is 11.6 Å². The van der Waals surface area contributed by atoms with Crippen molar-refractivity contribution in [1.29, 1.82) is 0 Å². The van der Waals surface area contributed by atoms with Crippen LogP contribution in [-0.4, -0.2) is 53.5 Å². The number of nitrogens with two attached hydrogens (primary N) is 1. The van der Waals surface area contributed by atoms with Crippen LogP contribution in [0, 0.1) is 23.5 Å². The third kappa shape index (κ3) is 7.34. The van der Waals surface area contributed by atoms with E-state index >= 15 is 0 Å². The summed E-state index contributed by atoms with van der Waals surface area (Å²) < 4.78 is 32.3. The minimum Gasteiger partial charge on any atom is -0.497 e. The highest BCUT2D eigenvalue weighted by molar-refractivity contribution is 7.99. The topological polar surface area (TPSA) is 88.7 Å². The van der Waals surface area contributed by atoms with Crippen molar-refractivity contribution < 1.29 is 23.4 Å². The molecule has 0 spiro atoms. The molecule has 4 rings (SSSR count). The van der Waals surface area contributed by atoms with Crippen LogP contribution in [0.5, 0.6) is 5.75 Å². The van der Waals surface area contributed by atoms with E-state index in [2.05, 4.69) is 9.88 Å². The summed E-state index contributed by atoms with van der Waals surface area (Å²) in [7, 11) is 1.60. The van der Waals surface area contributed by atoms with Gasteiger partial charge in [0.25, 0.3) is 0 Å². The number of rotatable bonds is 11. The van der Waals surface area contributed by atoms with E-state index in [4.69, 9.17) is 22.1 Å². The highest BCUT2D eigenvalue weighted by atomic mass is 35.5. The molecule has 204 valence electrons. The summed E-state index contributed by atoms with van der Waals surface area (Å²) in [5.41, 5.74) is 8.27. The summed E-state index contributed by atoms with van der Waals surface area (Å²) in [6, 6.07) is 8.80. The van der Waals surface area contributed by atoms with Crippen LogP contribution in [0.15, 0.2) is 47.5 Å². The number of pyridine rings is 1. The van der Waals surface area contributed by atoms with Gasteiger partial charge in [-0.15, -0.1) is 11.8 Å². The lowest BCUT2D eigenvalue weighted by Gasteiger charge is -2.38. The smallest absolute Gasteiger partial charge is 0.303 e. The molecule has 2 unspecified atom stereocenters. The van der Waals surface area contributed by atoms with Gasteiger partial charge in [0.05, 0.1) is 17.6 Å². The number of piperidine rings is 1. The quantitative estimate of drug-likeness (QED) is 0.270. The van der Waals surface area contributed by atoms with E-state index < -0.39 is 17.6 Å². The first kappa shape index (κ1) is 28.5. The van der Waals surface area contributed by atoms with E-state index in [-0.39, 0.29) is 24.3 Å². The molecule has 2 aromatic carbocycles. The number of halogens is 3. The second-order valence-electron chi connectivity index (χ2n) is 9.75. The summed E-state index contributed by atoms with van der Waals surface area (Å²) >= 11 is 7.92. The molecule has 1 fully saturated rings. The predicted octanol–water partition coefficient (Wildman–Crippen LogP) is 6.16. The van der Waals surface area contributed by atoms with Crippen molar-refractivity contribution in [2.45, 2.75) is 36.6 Å². The van der Waals surface area contributed by atoms with Crippen LogP contribution in [0.25, 0.3) is 10.9 Å². The molecule has 1 aromatic heterocycles. The van der Waals surface area contributed by atoms with Gasteiger partial charge in [0.15, 0.2) is 0 Å². The SMILES string of the molecule is COc1ccc2ncc(Cl)c([C@H](N)CCC3CCN(CCSc4cc(F)cc(F)c4)CC3CC(=O)O)c2c1. The fraction of sp³-hybridized carbons (Fsp3) is 0.429. The van der Waals surface area contributed by atoms with Crippen LogP contribution in [0.2, 0.25) is 5.02 Å². The number of aliphatic carboxylic acids is 1. The monoisotopic (exact) mass is 563 g/mol. The van der Waals surface area contributed by atoms with Gasteiger partial charge in [0.1, 0.15) is 17.4 Å². The zero-order valence-corrected chi connectivity index (χ0v) is 22.8. The number of aromatic nitrogens is 1. The van der Waals surface area contributed by atoms with Gasteiger partial charge in [0.2, 0.25) is 0 Å². The number of carboxylic acid groups (broad SMARTS) is 1. The van der Waals surface area contributed by atoms with Gasteiger partial charge in [-0.3, -0.25) is 9.78 Å². The number of thioether (sulfide) groups is 1. The van der Waals surface area contributed by atoms with Crippen molar-refractivity contribution in [3.8, 4) is 5.75 Å². The second-order valence-corrected chi connectivity index (χ2v) is 11.3. The number of methoxy groups -OCH3 is 1. The molecule has 3 atom stereocenters. The van der Waals surface area contributed by atoms with Gasteiger partial charge in [0, 0.05) is 53.8 Å². The molecule has 0 radical (unpaired) electrons. The third-order valence-corrected chi connectivity index (χ3v) is 8.47. The van der Waals surface area contributed by atoms with Gasteiger partial charge in [-0.05, 0) is 73.5 Å². The number of hydrogen-bond acceptors (Lipinski definition) is 6. The van der Waals surface area contributed by atoms with Crippen LogP contribution >= 0.6 is 23.4 Å². The summed E-state index contributed by atoms with van der Waals surface area (Å²) in [4.78, 5) is 18.8. The Balaban J connectivity index is 1.37. The van der Waals surface area contributed by atoms with Crippen molar-refractivity contribution in [1.82, 2.24) is 9.88 Å². The van der Waals surface area contributed by atoms with Gasteiger partial charge in [-0.25, -0.2) is 8.78 Å². The molecule has 38 heavy (non-hydrogen) atoms. The van der Waals surface area contributed by atoms with E-state index in [1.807, 2.05) is 18.2 Å². The van der Waals surface area contributed by atoms with E-state index in [1.54, 1.807) is 13.3 Å². The van der Waals surface area contributed by atoms with Crippen molar-refractivity contribution in [2.24, 2.45) is 17.6 Å². The Hall–Kier alpha value is -2.46. The van der Waals surface area contributed by atoms with Crippen LogP contribution in [0.4, 0.5) is 8.78 Å². The van der Waals surface area contributed by atoms with E-state index in [9.17, 15) is 18.7 Å². The number of benzene rings is 2. The number of carboxylic acids is 1. The Morgan fingerprint density at radius 1 is 1.26 bits per heavy atom. The van der Waals surface area contributed by atoms with Crippen LogP contribution in [-0.2, 0) is 4.79 Å². The lowest BCUT2D eigenvalue weighted by Crippen LogP contribution is -2.42. The summed E-state index contributed by atoms with van der Waals surface area (Å²) in [6.07, 6.45) is 4.02. The minimum absolute atomic E-state index is 0.00480. The Labute approximate surface area is 230 Å². The molecule has 0 saturated carbocycles. The Morgan fingerprint density at radius 2 is 2.03 bits per heavy atom. The number of likely N-dealkylation sites (tertiary alicyclic amines) is 1. The molecule has 1 saturated heterocycles. The predicted molar refractivity (Wildman–Crippen MR) is 147 cm³/mol. The number of ether oxygens (including phenoxy) is 1. The molecule has 6 nitrogen and oxygen atoms in total. The maximum absolute atomic E-state index is 13.5. The highest BCUT2D eigenvalue weighted by Crippen LogP contribution is 2.36. The summed E-state index contributed by atoms with van der Waals surface area (Å²) in [5.74, 6) is -0.415. The fourth-order valence-electron chi connectivity index (χ4n) is 5.31. The van der Waals surface area contributed by atoms with Crippen molar-refractivity contribution in [3.63, 3.8) is 0 Å². The standard InChI is InChI=1S/C28H32ClF2N3O3S/c1-37-21-3-5-26-23(14-21)28(24(29)15-33-26)25(32)4-2-17-6-7-34(16-18(17)10-27(35)36)8-9-38-22-12-19(30)11-20(31)13-22/h3,5,11-15,17-18,25H,2,4,6-10,16,32H2,1H3,(H,35,36)/t17?,18?,25-/m1/s1. The largest absolute Gasteiger partial charge is 0.497 e. The lowest BCUT2D eigenvalue weighted by atomic mass is 9.79. The molecule has 2 heterocycles. The zero-order chi connectivity index (χ0) is 27.2. The second kappa shape index (κ2) is 13.1. The van der Waals surface area contributed by atoms with Crippen LogP contribution in [0.1, 0.15) is 37.3 Å². The molecular formula is C28H32ClF2N3O3S. The Morgan fingerprint density at radius 3 is 2.74 bits per heavy atom. The van der Waals surface area contributed by atoms with Crippen molar-refractivity contribution >= 4 is 40.2 Å². The van der Waals surface area contributed by atoms with Crippen molar-refractivity contribution in [2.75, 3.05) is 32.5 Å². The van der Waals surface area contributed by atoms with Crippen LogP contribution < -0.4 is 10.5 Å². The highest BCUT2D eigenvalue weighted by Gasteiger charge is 2.31. The molecule has 0 amide bonds. The fourth-order valence-corrected chi connectivity index (χ4v) is 6.58. The van der Waals surface area contributed by atoms with Gasteiger partial charge in [-0.2, -0.15) is 0 Å². The van der Waals surface area contributed by atoms with E-state index in [0.717, 1.165) is 41.9 Å². The Kier molecular flexibility index (Phi) is 9.81. The van der Waals surface area contributed by atoms with Gasteiger partial charge < -0.3 is 20.5 Å². The van der Waals surface area contributed by atoms with E-state index in [0.29, 0.717) is 40.9 Å². The zero-order valence-electron chi connectivity index (χ0n) is 21.2. The number of carbonyl (C=O) groups is 1. The Bertz CT molecular complexity index is 1260. The number of hydrogen-bond donors (Lipinski definition) is 2. The van der Waals surface area contributed by atoms with Gasteiger partial charge >= 0.3 is 5.97 Å². The van der Waals surface area contributed by atoms with E-state index in [1.165, 1.54) is 23.9 Å². The first-order valence-electron chi connectivity index (χ1n) is 12.6. The lowest BCUT2D eigenvalue weighted by molar-refractivity contribution is -0.139. The molecule has 3 N–H and O–H groups in total. The normalized spacial score (nSPS) is 19.0. The average Bonchev–Trinajstić information content (AvgIpc) is 2.86. The average molecular weight is 564 g/mol. The minimum atomic E-state index is -0.814. The number of fused-ring (bicyclic) bond motifs is 1. The maximum atomic E-state index is 13.5. The molecule has 0 aliphatic carbocycles. The van der Waals surface area contributed by atoms with Crippen LogP contribution in [0.3, 0.4) is 0 Å². The molecule has 1 aliphatic heterocycles. The first-order chi connectivity index (χ1) is 18.2. The summed E-state index contributed by atoms with van der Waals surface area (Å²) in [5, 5.41) is 10.9. The molecule has 10 heteroatoms. The number of nitrogens with zero attached hydrogens (tertiary/aromatic N) is 2. The molecule has 0 bridgehead atoms.